The topological polar surface area (TPSA) is 86.7 Å². The molecule has 0 atom stereocenters. The maximum absolute atomic E-state index is 11.4. The number of nitrogens with two attached hydrogens (primary N) is 1. The highest BCUT2D eigenvalue weighted by Crippen LogP contribution is 2.11. The van der Waals surface area contributed by atoms with Gasteiger partial charge in [0.05, 0.1) is 5.69 Å². The Morgan fingerprint density at radius 2 is 2.07 bits per heavy atom. The fourth-order valence-electron chi connectivity index (χ4n) is 1.33. The molecule has 72 valence electrons. The van der Waals surface area contributed by atoms with Crippen molar-refractivity contribution in [1.82, 2.24) is 19.5 Å². The van der Waals surface area contributed by atoms with E-state index in [4.69, 9.17) is 5.73 Å². The zero-order valence-electron chi connectivity index (χ0n) is 7.85. The van der Waals surface area contributed by atoms with Crippen molar-refractivity contribution in [3.05, 3.63) is 22.2 Å². The molecule has 14 heavy (non-hydrogen) atoms. The average molecular weight is 191 g/mol. The van der Waals surface area contributed by atoms with Crippen LogP contribution in [0.25, 0.3) is 11.5 Å². The third-order valence-corrected chi connectivity index (χ3v) is 1.85. The van der Waals surface area contributed by atoms with Gasteiger partial charge < -0.3 is 10.3 Å². The molecule has 2 N–H and O–H groups in total. The Bertz CT molecular complexity index is 518. The van der Waals surface area contributed by atoms with E-state index in [1.165, 1.54) is 0 Å². The molecule has 2 aliphatic heterocycles. The molecule has 0 aliphatic carbocycles. The van der Waals surface area contributed by atoms with E-state index in [0.717, 1.165) is 5.69 Å². The first-order valence-corrected chi connectivity index (χ1v) is 4.05. The molecular weight excluding hydrogens is 182 g/mol. The molecule has 0 radical (unpaired) electrons. The van der Waals surface area contributed by atoms with Gasteiger partial charge in [-0.05, 0) is 6.92 Å². The second-order valence-corrected chi connectivity index (χ2v) is 3.05. The SMILES string of the molecule is Cc1cn(C)c2nc(N)nc(=O)c-2n1. The highest BCUT2D eigenvalue weighted by atomic mass is 16.1. The number of hydrogen-bond acceptors (Lipinski definition) is 5. The number of fused-ring (bicyclic) bond motifs is 1. The summed E-state index contributed by atoms with van der Waals surface area (Å²) < 4.78 is 1.71. The molecule has 0 bridgehead atoms. The largest absolute Gasteiger partial charge is 0.368 e. The fourth-order valence-corrected chi connectivity index (χ4v) is 1.33. The number of aromatic nitrogens is 4. The van der Waals surface area contributed by atoms with E-state index in [9.17, 15) is 4.79 Å². The van der Waals surface area contributed by atoms with Gasteiger partial charge >= 0.3 is 5.56 Å². The molecule has 0 aromatic heterocycles. The van der Waals surface area contributed by atoms with Gasteiger partial charge in [0, 0.05) is 13.2 Å². The van der Waals surface area contributed by atoms with Crippen LogP contribution in [0.5, 0.6) is 0 Å². The first-order chi connectivity index (χ1) is 6.58. The molecule has 0 saturated carbocycles. The summed E-state index contributed by atoms with van der Waals surface area (Å²) >= 11 is 0. The van der Waals surface area contributed by atoms with Gasteiger partial charge in [0.15, 0.2) is 11.5 Å². The van der Waals surface area contributed by atoms with E-state index in [0.29, 0.717) is 5.82 Å². The summed E-state index contributed by atoms with van der Waals surface area (Å²) in [7, 11) is 1.78. The van der Waals surface area contributed by atoms with E-state index in [-0.39, 0.29) is 11.6 Å². The Hall–Kier alpha value is -1.98. The summed E-state index contributed by atoms with van der Waals surface area (Å²) in [6.45, 7) is 1.80. The Morgan fingerprint density at radius 3 is 2.79 bits per heavy atom. The molecule has 2 rings (SSSR count). The average Bonchev–Trinajstić information content (AvgIpc) is 2.07. The summed E-state index contributed by atoms with van der Waals surface area (Å²) in [4.78, 5) is 22.9. The zero-order valence-corrected chi connectivity index (χ0v) is 7.85. The molecule has 6 heteroatoms. The smallest absolute Gasteiger partial charge is 0.302 e. The van der Waals surface area contributed by atoms with E-state index in [1.54, 1.807) is 24.7 Å². The maximum atomic E-state index is 11.4. The van der Waals surface area contributed by atoms with Crippen molar-refractivity contribution in [2.75, 3.05) is 5.73 Å². The lowest BCUT2D eigenvalue weighted by Crippen LogP contribution is -2.20. The number of nitrogens with zero attached hydrogens (tertiary/aromatic N) is 4. The molecular formula is C8H9N5O. The van der Waals surface area contributed by atoms with Crippen molar-refractivity contribution in [3.8, 4) is 11.5 Å². The van der Waals surface area contributed by atoms with Gasteiger partial charge in [0.2, 0.25) is 5.95 Å². The summed E-state index contributed by atoms with van der Waals surface area (Å²) in [5.74, 6) is 0.428. The maximum Gasteiger partial charge on any atom is 0.302 e. The molecule has 0 spiro atoms. The van der Waals surface area contributed by atoms with Crippen molar-refractivity contribution < 1.29 is 0 Å². The van der Waals surface area contributed by atoms with Crippen molar-refractivity contribution in [2.45, 2.75) is 6.92 Å². The lowest BCUT2D eigenvalue weighted by molar-refractivity contribution is 0.834. The minimum Gasteiger partial charge on any atom is -0.368 e. The Balaban J connectivity index is 2.93. The van der Waals surface area contributed by atoms with Gasteiger partial charge in [-0.25, -0.2) is 4.98 Å². The molecule has 0 amide bonds. The van der Waals surface area contributed by atoms with Crippen LogP contribution < -0.4 is 11.3 Å². The van der Waals surface area contributed by atoms with E-state index < -0.39 is 5.56 Å². The molecule has 2 aliphatic rings. The molecule has 0 saturated heterocycles. The molecule has 6 nitrogen and oxygen atoms in total. The van der Waals surface area contributed by atoms with Crippen LogP contribution in [0.15, 0.2) is 11.0 Å². The van der Waals surface area contributed by atoms with Gasteiger partial charge in [-0.2, -0.15) is 9.97 Å². The van der Waals surface area contributed by atoms with Crippen LogP contribution in [0.1, 0.15) is 5.69 Å². The van der Waals surface area contributed by atoms with Gasteiger partial charge in [-0.15, -0.1) is 0 Å². The van der Waals surface area contributed by atoms with E-state index >= 15 is 0 Å². The fraction of sp³-hybridized carbons (Fsp3) is 0.250. The van der Waals surface area contributed by atoms with Crippen LogP contribution in [-0.4, -0.2) is 19.5 Å². The van der Waals surface area contributed by atoms with Crippen LogP contribution in [0.3, 0.4) is 0 Å². The Morgan fingerprint density at radius 1 is 1.36 bits per heavy atom. The van der Waals surface area contributed by atoms with Gasteiger partial charge in [-0.3, -0.25) is 4.79 Å². The van der Waals surface area contributed by atoms with Crippen LogP contribution in [0.2, 0.25) is 0 Å². The first-order valence-electron chi connectivity index (χ1n) is 4.05. The standard InChI is InChI=1S/C8H9N5O/c1-4-3-13(2)6-5(10-4)7(14)12-8(9)11-6/h3H,1-2H3,(H2,9,12,14). The third-order valence-electron chi connectivity index (χ3n) is 1.85. The minimum absolute atomic E-state index is 0.0243. The lowest BCUT2D eigenvalue weighted by atomic mass is 10.3. The van der Waals surface area contributed by atoms with Gasteiger partial charge in [0.1, 0.15) is 0 Å². The van der Waals surface area contributed by atoms with Gasteiger partial charge in [0.25, 0.3) is 0 Å². The second-order valence-electron chi connectivity index (χ2n) is 3.05. The molecule has 0 fully saturated rings. The zero-order chi connectivity index (χ0) is 10.3. The van der Waals surface area contributed by atoms with Crippen LogP contribution in [0.4, 0.5) is 5.95 Å². The monoisotopic (exact) mass is 191 g/mol. The van der Waals surface area contributed by atoms with Crippen molar-refractivity contribution >= 4 is 5.95 Å². The normalized spacial score (nSPS) is 10.7. The van der Waals surface area contributed by atoms with Crippen molar-refractivity contribution in [1.29, 1.82) is 0 Å². The first kappa shape index (κ1) is 8.61. The van der Waals surface area contributed by atoms with Crippen molar-refractivity contribution in [3.63, 3.8) is 0 Å². The molecule has 0 aromatic carbocycles. The number of aryl methyl sites for hydroxylation is 2. The quantitative estimate of drug-likeness (QED) is 0.610. The third kappa shape index (κ3) is 1.20. The minimum atomic E-state index is -0.438. The van der Waals surface area contributed by atoms with Crippen LogP contribution >= 0.6 is 0 Å². The van der Waals surface area contributed by atoms with Gasteiger partial charge in [-0.1, -0.05) is 0 Å². The molecule has 0 unspecified atom stereocenters. The second kappa shape index (κ2) is 2.76. The number of rotatable bonds is 0. The summed E-state index contributed by atoms with van der Waals surface area (Å²) in [5.41, 5.74) is 5.92. The van der Waals surface area contributed by atoms with E-state index in [1.807, 2.05) is 0 Å². The van der Waals surface area contributed by atoms with E-state index in [2.05, 4.69) is 15.0 Å². The van der Waals surface area contributed by atoms with Crippen LogP contribution in [-0.2, 0) is 7.05 Å². The highest BCUT2D eigenvalue weighted by molar-refractivity contribution is 5.51. The molecule has 0 aromatic rings. The number of anilines is 1. The predicted octanol–water partition coefficient (Wildman–Crippen LogP) is -0.434. The summed E-state index contributed by atoms with van der Waals surface area (Å²) in [6.07, 6.45) is 1.77. The Kier molecular flexibility index (Phi) is 1.70. The predicted molar refractivity (Wildman–Crippen MR) is 50.8 cm³/mol. The van der Waals surface area contributed by atoms with Crippen LogP contribution in [0, 0.1) is 6.92 Å². The lowest BCUT2D eigenvalue weighted by Gasteiger charge is -2.09. The highest BCUT2D eigenvalue weighted by Gasteiger charge is 2.14. The Labute approximate surface area is 79.8 Å². The molecule has 2 heterocycles. The number of nitrogen functional groups attached to an aromatic ring is 1. The number of hydrogen-bond donors (Lipinski definition) is 1. The van der Waals surface area contributed by atoms with Crippen molar-refractivity contribution in [2.24, 2.45) is 7.05 Å². The summed E-state index contributed by atoms with van der Waals surface area (Å²) in [5, 5.41) is 0. The summed E-state index contributed by atoms with van der Waals surface area (Å²) in [6, 6.07) is 0.